The van der Waals surface area contributed by atoms with Gasteiger partial charge in [0.1, 0.15) is 0 Å². The van der Waals surface area contributed by atoms with Gasteiger partial charge in [0.05, 0.1) is 0 Å². The first kappa shape index (κ1) is 36.6. The summed E-state index contributed by atoms with van der Waals surface area (Å²) in [7, 11) is 0. The molecule has 0 aromatic heterocycles. The van der Waals surface area contributed by atoms with Crippen molar-refractivity contribution in [2.75, 3.05) is 91.6 Å². The lowest BCUT2D eigenvalue weighted by atomic mass is 10.2. The fraction of sp³-hybridized carbons (Fsp3) is 0.840. The first-order chi connectivity index (χ1) is 18.9. The molecule has 0 saturated carbocycles. The van der Waals surface area contributed by atoms with Gasteiger partial charge in [0.25, 0.3) is 0 Å². The standard InChI is InChI=1S/C25H54N10O4/c26-8-1-2-12-30-22(36)4-16-34(18-6-24(38)32-14-10-28)20-21-35(19-7-25(39)33-15-11-29)17-5-23(37)31-13-3-9-27/h1-21,26-29H2,(H,30,36)(H,31,37)(H,32,38)(H,33,39). The van der Waals surface area contributed by atoms with Gasteiger partial charge in [0, 0.05) is 104 Å². The van der Waals surface area contributed by atoms with Crippen molar-refractivity contribution in [2.45, 2.75) is 44.9 Å². The predicted octanol–water partition coefficient (Wildman–Crippen LogP) is -3.38. The van der Waals surface area contributed by atoms with Crippen LogP contribution in [-0.4, -0.2) is 125 Å². The zero-order valence-corrected chi connectivity index (χ0v) is 23.7. The van der Waals surface area contributed by atoms with E-state index in [4.69, 9.17) is 22.9 Å². The average Bonchev–Trinajstić information content (AvgIpc) is 2.93. The van der Waals surface area contributed by atoms with Gasteiger partial charge in [-0.05, 0) is 32.4 Å². The van der Waals surface area contributed by atoms with Gasteiger partial charge >= 0.3 is 0 Å². The van der Waals surface area contributed by atoms with Crippen molar-refractivity contribution < 1.29 is 19.2 Å². The Labute approximate surface area is 233 Å². The van der Waals surface area contributed by atoms with Crippen LogP contribution in [0.3, 0.4) is 0 Å². The van der Waals surface area contributed by atoms with E-state index in [1.165, 1.54) is 0 Å². The summed E-state index contributed by atoms with van der Waals surface area (Å²) in [5, 5.41) is 11.3. The smallest absolute Gasteiger partial charge is 0.221 e. The fourth-order valence-electron chi connectivity index (χ4n) is 3.60. The summed E-state index contributed by atoms with van der Waals surface area (Å²) >= 11 is 0. The van der Waals surface area contributed by atoms with Crippen LogP contribution in [0.15, 0.2) is 0 Å². The van der Waals surface area contributed by atoms with Gasteiger partial charge in [-0.3, -0.25) is 19.2 Å². The van der Waals surface area contributed by atoms with Crippen molar-refractivity contribution in [1.82, 2.24) is 31.1 Å². The Morgan fingerprint density at radius 1 is 0.410 bits per heavy atom. The molecule has 4 amide bonds. The van der Waals surface area contributed by atoms with Crippen LogP contribution in [0, 0.1) is 0 Å². The van der Waals surface area contributed by atoms with Crippen LogP contribution in [0.4, 0.5) is 0 Å². The van der Waals surface area contributed by atoms with Crippen LogP contribution >= 0.6 is 0 Å². The van der Waals surface area contributed by atoms with E-state index in [1.807, 2.05) is 0 Å². The number of hydrogen-bond donors (Lipinski definition) is 8. The summed E-state index contributed by atoms with van der Waals surface area (Å²) in [6, 6.07) is 0. The van der Waals surface area contributed by atoms with Gasteiger partial charge in [0.2, 0.25) is 23.6 Å². The van der Waals surface area contributed by atoms with Crippen LogP contribution in [0.25, 0.3) is 0 Å². The van der Waals surface area contributed by atoms with E-state index < -0.39 is 0 Å². The second-order valence-electron chi connectivity index (χ2n) is 9.30. The highest BCUT2D eigenvalue weighted by Crippen LogP contribution is 2.01. The summed E-state index contributed by atoms with van der Waals surface area (Å²) in [6.45, 7) is 6.84. The zero-order chi connectivity index (χ0) is 29.1. The maximum Gasteiger partial charge on any atom is 0.221 e. The third-order valence-electron chi connectivity index (χ3n) is 5.94. The number of carbonyl (C=O) groups excluding carboxylic acids is 4. The molecule has 0 unspecified atom stereocenters. The topological polar surface area (TPSA) is 227 Å². The van der Waals surface area contributed by atoms with Crippen molar-refractivity contribution in [3.63, 3.8) is 0 Å². The predicted molar refractivity (Wildman–Crippen MR) is 153 cm³/mol. The van der Waals surface area contributed by atoms with Crippen molar-refractivity contribution >= 4 is 23.6 Å². The Morgan fingerprint density at radius 2 is 0.744 bits per heavy atom. The van der Waals surface area contributed by atoms with Crippen LogP contribution in [0.1, 0.15) is 44.9 Å². The molecule has 0 fully saturated rings. The number of nitrogens with zero attached hydrogens (tertiary/aromatic N) is 2. The molecular formula is C25H54N10O4. The summed E-state index contributed by atoms with van der Waals surface area (Å²) < 4.78 is 0. The third-order valence-corrected chi connectivity index (χ3v) is 5.94. The molecule has 39 heavy (non-hydrogen) atoms. The van der Waals surface area contributed by atoms with Gasteiger partial charge < -0.3 is 54.0 Å². The highest BCUT2D eigenvalue weighted by molar-refractivity contribution is 5.77. The number of amides is 4. The van der Waals surface area contributed by atoms with Gasteiger partial charge in [-0.2, -0.15) is 0 Å². The molecule has 0 heterocycles. The minimum Gasteiger partial charge on any atom is -0.356 e. The molecule has 0 aromatic carbocycles. The molecule has 0 aliphatic rings. The largest absolute Gasteiger partial charge is 0.356 e. The first-order valence-corrected chi connectivity index (χ1v) is 14.2. The second kappa shape index (κ2) is 25.9. The van der Waals surface area contributed by atoms with E-state index in [2.05, 4.69) is 31.1 Å². The molecule has 0 aliphatic heterocycles. The third kappa shape index (κ3) is 23.3. The quantitative estimate of drug-likeness (QED) is 0.0491. The van der Waals surface area contributed by atoms with Crippen LogP contribution in [-0.2, 0) is 19.2 Å². The zero-order valence-electron chi connectivity index (χ0n) is 23.7. The summed E-state index contributed by atoms with van der Waals surface area (Å²) in [5.41, 5.74) is 21.9. The Bertz CT molecular complexity index is 669. The Balaban J connectivity index is 5.03. The molecule has 228 valence electrons. The van der Waals surface area contributed by atoms with Gasteiger partial charge in [-0.1, -0.05) is 0 Å². The first-order valence-electron chi connectivity index (χ1n) is 14.2. The van der Waals surface area contributed by atoms with Crippen LogP contribution in [0.5, 0.6) is 0 Å². The van der Waals surface area contributed by atoms with Crippen LogP contribution in [0.2, 0.25) is 0 Å². The van der Waals surface area contributed by atoms with E-state index in [0.29, 0.717) is 111 Å². The van der Waals surface area contributed by atoms with Crippen LogP contribution < -0.4 is 44.2 Å². The van der Waals surface area contributed by atoms with Crippen molar-refractivity contribution in [2.24, 2.45) is 22.9 Å². The molecule has 0 bridgehead atoms. The molecule has 0 atom stereocenters. The van der Waals surface area contributed by atoms with E-state index >= 15 is 0 Å². The van der Waals surface area contributed by atoms with Crippen molar-refractivity contribution in [1.29, 1.82) is 0 Å². The Hall–Kier alpha value is -2.36. The molecule has 12 N–H and O–H groups in total. The average molecular weight is 559 g/mol. The fourth-order valence-corrected chi connectivity index (χ4v) is 3.60. The molecular weight excluding hydrogens is 504 g/mol. The van der Waals surface area contributed by atoms with E-state index in [9.17, 15) is 19.2 Å². The van der Waals surface area contributed by atoms with Gasteiger partial charge in [0.15, 0.2) is 0 Å². The molecule has 0 aromatic rings. The normalized spacial score (nSPS) is 11.0. The molecule has 14 heteroatoms. The van der Waals surface area contributed by atoms with Gasteiger partial charge in [-0.15, -0.1) is 0 Å². The lowest BCUT2D eigenvalue weighted by molar-refractivity contribution is -0.123. The molecule has 0 aliphatic carbocycles. The molecule has 14 nitrogen and oxygen atoms in total. The number of nitrogens with two attached hydrogens (primary N) is 4. The maximum atomic E-state index is 12.3. The molecule has 0 saturated heterocycles. The SMILES string of the molecule is NCCCCNC(=O)CCN(CCC(=O)NCCN)CCN(CCC(=O)NCCN)CCC(=O)NCCCN. The van der Waals surface area contributed by atoms with Crippen molar-refractivity contribution in [3.05, 3.63) is 0 Å². The summed E-state index contributed by atoms with van der Waals surface area (Å²) in [5.74, 6) is -0.315. The van der Waals surface area contributed by atoms with Gasteiger partial charge in [-0.25, -0.2) is 0 Å². The second-order valence-corrected chi connectivity index (χ2v) is 9.30. The van der Waals surface area contributed by atoms with E-state index in [-0.39, 0.29) is 36.5 Å². The number of carbonyl (C=O) groups is 4. The highest BCUT2D eigenvalue weighted by Gasteiger charge is 2.15. The van der Waals surface area contributed by atoms with E-state index in [0.717, 1.165) is 12.8 Å². The Kier molecular flexibility index (Phi) is 24.3. The number of nitrogens with one attached hydrogen (secondary N) is 4. The summed E-state index contributed by atoms with van der Waals surface area (Å²) in [6.07, 6.45) is 3.56. The number of unbranched alkanes of at least 4 members (excludes halogenated alkanes) is 1. The summed E-state index contributed by atoms with van der Waals surface area (Å²) in [4.78, 5) is 52.9. The highest BCUT2D eigenvalue weighted by atomic mass is 16.2. The minimum atomic E-state index is -0.0995. The molecule has 0 spiro atoms. The number of hydrogen-bond acceptors (Lipinski definition) is 10. The maximum absolute atomic E-state index is 12.3. The molecule has 0 radical (unpaired) electrons. The number of rotatable bonds is 26. The molecule has 0 rings (SSSR count). The lowest BCUT2D eigenvalue weighted by Gasteiger charge is -2.27. The lowest BCUT2D eigenvalue weighted by Crippen LogP contribution is -2.42. The Morgan fingerprint density at radius 3 is 1.08 bits per heavy atom. The monoisotopic (exact) mass is 558 g/mol. The van der Waals surface area contributed by atoms with Crippen molar-refractivity contribution in [3.8, 4) is 0 Å². The van der Waals surface area contributed by atoms with E-state index in [1.54, 1.807) is 0 Å². The minimum absolute atomic E-state index is 0.0489.